The molecule has 0 bridgehead atoms. The maximum atomic E-state index is 11.7. The Morgan fingerprint density at radius 1 is 0.730 bits per heavy atom. The molecule has 0 atom stereocenters. The van der Waals surface area contributed by atoms with Crippen molar-refractivity contribution in [3.8, 4) is 0 Å². The molecule has 0 fully saturated rings. The number of rotatable bonds is 29. The van der Waals surface area contributed by atoms with Crippen molar-refractivity contribution < 1.29 is 34.2 Å². The molecule has 37 heavy (non-hydrogen) atoms. The summed E-state index contributed by atoms with van der Waals surface area (Å²) in [6.45, 7) is 0. The smallest absolute Gasteiger partial charge is 0.408 e. The highest BCUT2D eigenvalue weighted by molar-refractivity contribution is 8.26. The van der Waals surface area contributed by atoms with Gasteiger partial charge in [-0.3, -0.25) is 0 Å². The molecule has 0 radical (unpaired) electrons. The van der Waals surface area contributed by atoms with Gasteiger partial charge in [0.05, 0.1) is 23.6 Å². The van der Waals surface area contributed by atoms with E-state index in [4.69, 9.17) is 29.4 Å². The minimum atomic E-state index is -0.380. The van der Waals surface area contributed by atoms with E-state index in [-0.39, 0.29) is 18.0 Å². The van der Waals surface area contributed by atoms with Gasteiger partial charge < -0.3 is 24.9 Å². The van der Waals surface area contributed by atoms with Crippen LogP contribution in [-0.2, 0) is 24.3 Å². The molecule has 0 saturated heterocycles. The number of hydrogen-bond acceptors (Lipinski definition) is 19. The van der Waals surface area contributed by atoms with Gasteiger partial charge in [-0.2, -0.15) is 9.78 Å². The first-order valence-electron chi connectivity index (χ1n) is 10.0. The van der Waals surface area contributed by atoms with Gasteiger partial charge in [0.1, 0.15) is 17.8 Å². The van der Waals surface area contributed by atoms with E-state index in [1.54, 1.807) is 70.6 Å². The first-order chi connectivity index (χ1) is 18.3. The molecule has 0 aromatic heterocycles. The molecule has 0 unspecified atom stereocenters. The lowest BCUT2D eigenvalue weighted by Gasteiger charge is -2.07. The van der Waals surface area contributed by atoms with Crippen LogP contribution in [0.4, 0.5) is 4.79 Å². The lowest BCUT2D eigenvalue weighted by Crippen LogP contribution is -2.23. The Morgan fingerprint density at radius 2 is 1.27 bits per heavy atom. The topological polar surface area (TPSA) is 120 Å². The summed E-state index contributed by atoms with van der Waals surface area (Å²) in [4.78, 5) is 38.8. The molecule has 218 valence electrons. The molecule has 0 aliphatic heterocycles. The van der Waals surface area contributed by atoms with Gasteiger partial charge in [0, 0.05) is 30.5 Å². The SMILES string of the molecule is CSC/N=C/OOCSCSCSCSCOC(=O)NCSCSCSCSC/N=C/OOCSCO. The lowest BCUT2D eigenvalue weighted by molar-refractivity contribution is -0.196. The molecule has 0 rings (SSSR count). The Bertz CT molecular complexity index is 548. The number of amides is 1. The number of aliphatic hydroxyl groups is 1. The van der Waals surface area contributed by atoms with E-state index in [1.807, 2.05) is 41.5 Å². The summed E-state index contributed by atoms with van der Waals surface area (Å²) in [6, 6.07) is 0. The summed E-state index contributed by atoms with van der Waals surface area (Å²) >= 11 is 16.6. The molecular weight excluding hydrogens is 679 g/mol. The maximum absolute atomic E-state index is 11.7. The van der Waals surface area contributed by atoms with Gasteiger partial charge >= 0.3 is 6.09 Å². The Kier molecular flexibility index (Phi) is 37.1. The third-order valence-electron chi connectivity index (χ3n) is 2.69. The normalized spacial score (nSPS) is 11.4. The first kappa shape index (κ1) is 38.6. The van der Waals surface area contributed by atoms with Crippen molar-refractivity contribution in [1.29, 1.82) is 0 Å². The number of nitrogens with zero attached hydrogens (tertiary/aromatic N) is 2. The molecule has 0 aliphatic rings. The highest BCUT2D eigenvalue weighted by Gasteiger charge is 2.01. The number of hydrogen-bond donors (Lipinski definition) is 2. The van der Waals surface area contributed by atoms with Crippen molar-refractivity contribution in [3.05, 3.63) is 0 Å². The quantitative estimate of drug-likeness (QED) is 0.0233. The fourth-order valence-corrected chi connectivity index (χ4v) is 10.0. The van der Waals surface area contributed by atoms with Gasteiger partial charge in [-0.05, 0) is 6.26 Å². The van der Waals surface area contributed by atoms with Crippen molar-refractivity contribution >= 4 is 137 Å². The highest BCUT2D eigenvalue weighted by Crippen LogP contribution is 2.22. The van der Waals surface area contributed by atoms with E-state index in [2.05, 4.69) is 15.3 Å². The van der Waals surface area contributed by atoms with Crippen LogP contribution in [0.3, 0.4) is 0 Å². The zero-order valence-electron chi connectivity index (χ0n) is 20.2. The van der Waals surface area contributed by atoms with E-state index >= 15 is 0 Å². The molecule has 0 aliphatic carbocycles. The van der Waals surface area contributed by atoms with Crippen molar-refractivity contribution in [2.75, 3.05) is 78.2 Å². The second-order valence-corrected chi connectivity index (χ2v) is 17.0. The Balaban J connectivity index is 3.20. The summed E-state index contributed by atoms with van der Waals surface area (Å²) < 4.78 is 5.15. The lowest BCUT2D eigenvalue weighted by atomic mass is 11.1. The number of thioether (sulfide) groups is 10. The summed E-state index contributed by atoms with van der Waals surface area (Å²) in [7, 11) is 0. The van der Waals surface area contributed by atoms with Crippen molar-refractivity contribution in [2.24, 2.45) is 9.98 Å². The number of alkyl carbamates (subject to hydrolysis) is 1. The molecule has 10 nitrogen and oxygen atoms in total. The largest absolute Gasteiger partial charge is 0.438 e. The molecule has 0 aromatic carbocycles. The summed E-state index contributed by atoms with van der Waals surface area (Å²) in [5.74, 6) is 2.88. The second-order valence-electron chi connectivity index (χ2n) is 5.33. The standard InChI is InChI=1S/C17H33N3O7S10/c1-28-4-18-2-24-27-10-33-14-37-16-36-13-32-8-23-17(22)20-6-30-12-35-15-34-11-29-5-19-3-25-26-9-31-7-21/h2-3,21H,4-16H2,1H3,(H,20,22)/b18-2+,19-3+. The Labute approximate surface area is 262 Å². The van der Waals surface area contributed by atoms with Gasteiger partial charge in [-0.15, -0.1) is 118 Å². The second kappa shape index (κ2) is 35.6. The van der Waals surface area contributed by atoms with E-state index in [9.17, 15) is 4.79 Å². The predicted molar refractivity (Wildman–Crippen MR) is 178 cm³/mol. The minimum Gasteiger partial charge on any atom is -0.438 e. The summed E-state index contributed by atoms with van der Waals surface area (Å²) in [6.07, 6.45) is 4.17. The number of nitrogens with one attached hydrogen (secondary N) is 1. The minimum absolute atomic E-state index is 0.00257. The highest BCUT2D eigenvalue weighted by atomic mass is 32.3. The molecule has 0 aromatic rings. The van der Waals surface area contributed by atoms with E-state index < -0.39 is 0 Å². The Hall–Kier alpha value is 1.59. The number of aliphatic hydroxyl groups excluding tert-OH is 1. The fourth-order valence-electron chi connectivity index (χ4n) is 1.36. The van der Waals surface area contributed by atoms with Crippen LogP contribution >= 0.6 is 118 Å². The molecule has 0 saturated carbocycles. The summed E-state index contributed by atoms with van der Waals surface area (Å²) in [5, 5.41) is 16.9. The number of aliphatic imine (C=N–C) groups is 2. The van der Waals surface area contributed by atoms with Crippen LogP contribution in [0.2, 0.25) is 0 Å². The Morgan fingerprint density at radius 3 is 1.92 bits per heavy atom. The summed E-state index contributed by atoms with van der Waals surface area (Å²) in [5.41, 5.74) is 0. The van der Waals surface area contributed by atoms with Crippen LogP contribution in [0, 0.1) is 0 Å². The van der Waals surface area contributed by atoms with E-state index in [1.165, 1.54) is 24.6 Å². The molecule has 1 amide bonds. The molecule has 20 heteroatoms. The van der Waals surface area contributed by atoms with Gasteiger partial charge in [0.25, 0.3) is 0 Å². The van der Waals surface area contributed by atoms with Gasteiger partial charge in [-0.1, -0.05) is 0 Å². The third-order valence-corrected chi connectivity index (χ3v) is 12.8. The van der Waals surface area contributed by atoms with Crippen LogP contribution in [0.25, 0.3) is 0 Å². The third kappa shape index (κ3) is 35.6. The van der Waals surface area contributed by atoms with Crippen LogP contribution in [0.1, 0.15) is 0 Å². The van der Waals surface area contributed by atoms with Gasteiger partial charge in [0.2, 0.25) is 12.8 Å². The maximum Gasteiger partial charge on any atom is 0.408 e. The molecular formula is C17H33N3O7S10. The zero-order chi connectivity index (χ0) is 26.9. The monoisotopic (exact) mass is 711 g/mol. The average molecular weight is 712 g/mol. The zero-order valence-corrected chi connectivity index (χ0v) is 28.4. The van der Waals surface area contributed by atoms with Crippen molar-refractivity contribution in [3.63, 3.8) is 0 Å². The molecule has 0 heterocycles. The van der Waals surface area contributed by atoms with Crippen LogP contribution in [0.5, 0.6) is 0 Å². The van der Waals surface area contributed by atoms with Crippen LogP contribution in [-0.4, -0.2) is 102 Å². The van der Waals surface area contributed by atoms with Crippen molar-refractivity contribution in [1.82, 2.24) is 5.32 Å². The first-order valence-corrected chi connectivity index (χ1v) is 21.8. The number of carbonyl (C=O) groups is 1. The average Bonchev–Trinajstić information content (AvgIpc) is 2.90. The van der Waals surface area contributed by atoms with E-state index in [0.717, 1.165) is 30.5 Å². The molecule has 2 N–H and O–H groups in total. The van der Waals surface area contributed by atoms with Crippen LogP contribution < -0.4 is 5.32 Å². The van der Waals surface area contributed by atoms with E-state index in [0.29, 0.717) is 29.5 Å². The van der Waals surface area contributed by atoms with Gasteiger partial charge in [0.15, 0.2) is 0 Å². The molecule has 0 spiro atoms. The number of ether oxygens (including phenoxy) is 1. The fraction of sp³-hybridized carbons (Fsp3) is 0.824. The van der Waals surface area contributed by atoms with Gasteiger partial charge in [-0.25, -0.2) is 14.8 Å². The van der Waals surface area contributed by atoms with Crippen molar-refractivity contribution in [2.45, 2.75) is 0 Å². The van der Waals surface area contributed by atoms with Crippen LogP contribution in [0.15, 0.2) is 9.98 Å². The number of carbonyl (C=O) groups excluding carboxylic acids is 1. The predicted octanol–water partition coefficient (Wildman–Crippen LogP) is 6.07.